The SMILES string of the molecule is CC(C)NC[C@@H]1OC(=O)C[C@H]1O.CC1(C)OCC([C@@H]2OC(=O)C3OC(C)(C)O[C@H]32)O1.CC1(C)OCC([C@@H]2OC(=O)C[C@H]2O)O1.Cl.O=C1C[C@@H](O)[C@H](C(O)CO)O1.O=C1O[C@@H](C(O)CO)[C@H](O)C1O. The second-order valence-corrected chi connectivity index (χ2v) is 18.3. The van der Waals surface area contributed by atoms with Crippen LogP contribution < -0.4 is 5.32 Å². The molecule has 8 rings (SSSR count). The number of carbonyl (C=O) groups excluding carboxylic acids is 5. The fourth-order valence-corrected chi connectivity index (χ4v) is 7.55. The summed E-state index contributed by atoms with van der Waals surface area (Å²) in [5.74, 6) is -4.67. The summed E-state index contributed by atoms with van der Waals surface area (Å²) < 4.78 is 57.3. The maximum absolute atomic E-state index is 11.7. The van der Waals surface area contributed by atoms with E-state index in [9.17, 15) is 34.2 Å². The molecule has 6 unspecified atom stereocenters. The lowest BCUT2D eigenvalue weighted by atomic mass is 10.1. The number of carbonyl (C=O) groups is 5. The van der Waals surface area contributed by atoms with E-state index in [-0.39, 0.29) is 67.9 Å². The van der Waals surface area contributed by atoms with Crippen LogP contribution in [0.5, 0.6) is 0 Å². The number of aliphatic hydroxyl groups is 9. The first-order valence-corrected chi connectivity index (χ1v) is 21.8. The number of hydrogen-bond donors (Lipinski definition) is 10. The fraction of sp³-hybridized carbons (Fsp3) is 0.878. The van der Waals surface area contributed by atoms with Gasteiger partial charge in [-0.25, -0.2) is 9.59 Å². The van der Waals surface area contributed by atoms with Crippen molar-refractivity contribution >= 4 is 42.3 Å². The highest BCUT2D eigenvalue weighted by Crippen LogP contribution is 2.40. The second kappa shape index (κ2) is 24.9. The predicted octanol–water partition coefficient (Wildman–Crippen LogP) is -4.52. The Kier molecular flexibility index (Phi) is 21.7. The summed E-state index contributed by atoms with van der Waals surface area (Å²) in [7, 11) is 0. The highest BCUT2D eigenvalue weighted by Gasteiger charge is 2.60. The van der Waals surface area contributed by atoms with E-state index in [0.717, 1.165) is 0 Å². The number of hydrogen-bond acceptors (Lipinski definition) is 26. The van der Waals surface area contributed by atoms with Gasteiger partial charge in [-0.3, -0.25) is 14.4 Å². The molecule has 0 aromatic rings. The summed E-state index contributed by atoms with van der Waals surface area (Å²) in [6.07, 6.45) is -13.3. The smallest absolute Gasteiger partial charge is 0.338 e. The molecule has 0 saturated carbocycles. The maximum atomic E-state index is 11.7. The van der Waals surface area contributed by atoms with Crippen molar-refractivity contribution in [3.63, 3.8) is 0 Å². The van der Waals surface area contributed by atoms with E-state index in [0.29, 0.717) is 25.8 Å². The van der Waals surface area contributed by atoms with E-state index >= 15 is 0 Å². The van der Waals surface area contributed by atoms with Crippen molar-refractivity contribution in [2.24, 2.45) is 0 Å². The third kappa shape index (κ3) is 16.3. The molecule has 16 atom stereocenters. The zero-order chi connectivity index (χ0) is 50.3. The second-order valence-electron chi connectivity index (χ2n) is 18.3. The average molecular weight is 1010 g/mol. The summed E-state index contributed by atoms with van der Waals surface area (Å²) in [5, 5.41) is 83.7. The van der Waals surface area contributed by atoms with Crippen LogP contribution in [0.2, 0.25) is 0 Å². The van der Waals surface area contributed by atoms with Gasteiger partial charge in [0, 0.05) is 12.6 Å². The van der Waals surface area contributed by atoms with Crippen molar-refractivity contribution in [3.8, 4) is 0 Å². The predicted molar refractivity (Wildman–Crippen MR) is 223 cm³/mol. The molecule has 0 aromatic heterocycles. The van der Waals surface area contributed by atoms with E-state index in [2.05, 4.69) is 14.8 Å². The molecule has 8 saturated heterocycles. The molecule has 8 aliphatic heterocycles. The Morgan fingerprint density at radius 3 is 1.49 bits per heavy atom. The van der Waals surface area contributed by atoms with Crippen molar-refractivity contribution in [2.75, 3.05) is 33.0 Å². The van der Waals surface area contributed by atoms with Gasteiger partial charge >= 0.3 is 29.8 Å². The van der Waals surface area contributed by atoms with E-state index in [1.165, 1.54) is 0 Å². The summed E-state index contributed by atoms with van der Waals surface area (Å²) in [6, 6.07) is 0.344. The number of aliphatic hydroxyl groups excluding tert-OH is 9. The van der Waals surface area contributed by atoms with Gasteiger partial charge in [-0.05, 0) is 41.5 Å². The fourth-order valence-electron chi connectivity index (χ4n) is 7.55. The molecule has 394 valence electrons. The zero-order valence-corrected chi connectivity index (χ0v) is 39.8. The lowest BCUT2D eigenvalue weighted by molar-refractivity contribution is -0.200. The molecule has 0 bridgehead atoms. The van der Waals surface area contributed by atoms with E-state index < -0.39 is 122 Å². The van der Waals surface area contributed by atoms with Crippen molar-refractivity contribution in [2.45, 2.75) is 196 Å². The molecule has 8 fully saturated rings. The van der Waals surface area contributed by atoms with Gasteiger partial charge < -0.3 is 103 Å². The van der Waals surface area contributed by atoms with Gasteiger partial charge in [0.05, 0.1) is 45.7 Å². The Labute approximate surface area is 397 Å². The Morgan fingerprint density at radius 1 is 0.574 bits per heavy atom. The van der Waals surface area contributed by atoms with Gasteiger partial charge in [-0.2, -0.15) is 0 Å². The van der Waals surface area contributed by atoms with Gasteiger partial charge in [-0.15, -0.1) is 12.4 Å². The minimum Gasteiger partial charge on any atom is -0.458 e. The van der Waals surface area contributed by atoms with Gasteiger partial charge in [0.1, 0.15) is 61.0 Å². The first kappa shape index (κ1) is 59.3. The summed E-state index contributed by atoms with van der Waals surface area (Å²) in [5.41, 5.74) is 0. The normalized spacial score (nSPS) is 37.8. The number of halogens is 1. The molecule has 27 heteroatoms. The minimum absolute atomic E-state index is 0. The van der Waals surface area contributed by atoms with Crippen LogP contribution in [-0.2, 0) is 76.1 Å². The van der Waals surface area contributed by atoms with Crippen LogP contribution in [0.25, 0.3) is 0 Å². The topological polar surface area (TPSA) is 381 Å². The Bertz CT molecular complexity index is 1690. The number of rotatable bonds is 9. The number of ether oxygens (including phenoxy) is 11. The number of esters is 5. The summed E-state index contributed by atoms with van der Waals surface area (Å²) >= 11 is 0. The first-order chi connectivity index (χ1) is 31.1. The van der Waals surface area contributed by atoms with Crippen LogP contribution in [0.3, 0.4) is 0 Å². The molecular formula is C41H68ClNO25. The van der Waals surface area contributed by atoms with Gasteiger partial charge in [0.25, 0.3) is 0 Å². The molecular weight excluding hydrogens is 942 g/mol. The van der Waals surface area contributed by atoms with Crippen LogP contribution >= 0.6 is 12.4 Å². The molecule has 8 heterocycles. The number of fused-ring (bicyclic) bond motifs is 1. The van der Waals surface area contributed by atoms with Crippen molar-refractivity contribution in [1.82, 2.24) is 5.32 Å². The molecule has 10 N–H and O–H groups in total. The van der Waals surface area contributed by atoms with Crippen LogP contribution in [0.4, 0.5) is 0 Å². The van der Waals surface area contributed by atoms with Crippen molar-refractivity contribution in [3.05, 3.63) is 0 Å². The third-order valence-corrected chi connectivity index (χ3v) is 10.9. The summed E-state index contributed by atoms with van der Waals surface area (Å²) in [4.78, 5) is 54.4. The van der Waals surface area contributed by atoms with E-state index in [1.54, 1.807) is 27.7 Å². The standard InChI is InChI=1S/C12H18O6.C9H14O5.C8H15NO3.C6H10O6.C6H10O5.ClH/c1-11(2)14-5-6(16-11)7-8-9(10(13)15-7)18-12(3,4)17-8;1-9(2)12-4-6(14-9)8-5(10)3-7(11)13-8;1-5(2)9-4-7-6(10)3-8(11)12-7;7-1-2(8)5-3(9)4(10)6(11)12-5;7-2-4(9)6-3(8)1-5(10)11-6;/h6-9H,5H2,1-4H3;5-6,8,10H,3-4H2,1-2H3;5-7,9-10H,3-4H2,1-2H3;2-5,7-10H,1H2;3-4,6-9H,1-2H2;1H/t6?,7-,8-,9?;5-,6?,8-;6-,7+;2?,3-,4?,5+;3-,4?,6-;/m01111./s1. The van der Waals surface area contributed by atoms with Crippen LogP contribution in [-0.4, -0.2) is 230 Å². The van der Waals surface area contributed by atoms with Crippen LogP contribution in [0.1, 0.15) is 74.7 Å². The number of nitrogens with one attached hydrogen (secondary N) is 1. The monoisotopic (exact) mass is 1010 g/mol. The molecule has 0 aromatic carbocycles. The Morgan fingerprint density at radius 2 is 1.07 bits per heavy atom. The highest BCUT2D eigenvalue weighted by atomic mass is 35.5. The Balaban J connectivity index is 0.000000227. The third-order valence-electron chi connectivity index (χ3n) is 10.9. The molecule has 8 aliphatic rings. The quantitative estimate of drug-likeness (QED) is 0.0768. The lowest BCUT2D eigenvalue weighted by Crippen LogP contribution is -2.40. The molecule has 0 radical (unpaired) electrons. The van der Waals surface area contributed by atoms with Crippen LogP contribution in [0, 0.1) is 0 Å². The summed E-state index contributed by atoms with van der Waals surface area (Å²) in [6.45, 7) is 14.9. The zero-order valence-electron chi connectivity index (χ0n) is 38.9. The highest BCUT2D eigenvalue weighted by molar-refractivity contribution is 5.85. The molecule has 68 heavy (non-hydrogen) atoms. The Hall–Kier alpha value is -3.00. The average Bonchev–Trinajstić information content (AvgIpc) is 4.13. The van der Waals surface area contributed by atoms with Gasteiger partial charge in [0.15, 0.2) is 54.0 Å². The van der Waals surface area contributed by atoms with Crippen molar-refractivity contribution in [1.29, 1.82) is 0 Å². The largest absolute Gasteiger partial charge is 0.458 e. The number of cyclic esters (lactones) is 5. The minimum atomic E-state index is -1.63. The maximum Gasteiger partial charge on any atom is 0.338 e. The van der Waals surface area contributed by atoms with Crippen LogP contribution in [0.15, 0.2) is 0 Å². The van der Waals surface area contributed by atoms with Gasteiger partial charge in [-0.1, -0.05) is 13.8 Å². The lowest BCUT2D eigenvalue weighted by Gasteiger charge is -2.25. The van der Waals surface area contributed by atoms with Crippen molar-refractivity contribution < 1.29 is 122 Å². The molecule has 26 nitrogen and oxygen atoms in total. The molecule has 0 aliphatic carbocycles. The van der Waals surface area contributed by atoms with E-state index in [4.69, 9.17) is 78.4 Å². The molecule has 0 spiro atoms. The first-order valence-electron chi connectivity index (χ1n) is 21.8. The molecule has 0 amide bonds. The van der Waals surface area contributed by atoms with Gasteiger partial charge in [0.2, 0.25) is 0 Å². The van der Waals surface area contributed by atoms with E-state index in [1.807, 2.05) is 27.7 Å².